The van der Waals surface area contributed by atoms with Crippen molar-refractivity contribution in [1.82, 2.24) is 14.5 Å². The van der Waals surface area contributed by atoms with E-state index in [-0.39, 0.29) is 5.78 Å². The maximum atomic E-state index is 12.8. The van der Waals surface area contributed by atoms with Crippen molar-refractivity contribution in [3.8, 4) is 17.5 Å². The van der Waals surface area contributed by atoms with Crippen LogP contribution < -0.4 is 0 Å². The summed E-state index contributed by atoms with van der Waals surface area (Å²) in [4.78, 5) is 20.9. The van der Waals surface area contributed by atoms with Gasteiger partial charge >= 0.3 is 0 Å². The van der Waals surface area contributed by atoms with Crippen LogP contribution in [0.2, 0.25) is 0 Å². The first kappa shape index (κ1) is 17.4. The summed E-state index contributed by atoms with van der Waals surface area (Å²) in [6, 6.07) is 19.1. The molecule has 4 heteroatoms. The zero-order valence-electron chi connectivity index (χ0n) is 15.1. The summed E-state index contributed by atoms with van der Waals surface area (Å²) in [6.07, 6.45) is 9.12. The lowest BCUT2D eigenvalue weighted by molar-refractivity contribution is 0.0993. The van der Waals surface area contributed by atoms with Gasteiger partial charge in [0.2, 0.25) is 0 Å². The second-order valence-corrected chi connectivity index (χ2v) is 6.31. The highest BCUT2D eigenvalue weighted by Crippen LogP contribution is 2.14. The predicted molar refractivity (Wildman–Crippen MR) is 108 cm³/mol. The van der Waals surface area contributed by atoms with Crippen molar-refractivity contribution >= 4 is 5.78 Å². The fourth-order valence-electron chi connectivity index (χ4n) is 2.88. The fraction of sp³-hybridized carbons (Fsp3) is 0.0417. The number of pyridine rings is 1. The number of carbonyl (C=O) groups excluding carboxylic acids is 1. The number of rotatable bonds is 4. The normalized spacial score (nSPS) is 10.1. The minimum absolute atomic E-state index is 0.0628. The molecule has 0 saturated heterocycles. The Balaban J connectivity index is 1.52. The number of aromatic nitrogens is 3. The highest BCUT2D eigenvalue weighted by Gasteiger charge is 2.08. The summed E-state index contributed by atoms with van der Waals surface area (Å²) in [5.74, 6) is 6.23. The highest BCUT2D eigenvalue weighted by atomic mass is 16.1. The number of hydrogen-bond acceptors (Lipinski definition) is 3. The maximum absolute atomic E-state index is 12.8. The molecule has 2 aromatic carbocycles. The molecular weight excluding hydrogens is 346 g/mol. The van der Waals surface area contributed by atoms with Gasteiger partial charge in [-0.25, -0.2) is 4.98 Å². The van der Waals surface area contributed by atoms with Gasteiger partial charge in [0.25, 0.3) is 0 Å². The Bertz CT molecular complexity index is 1150. The average molecular weight is 363 g/mol. The van der Waals surface area contributed by atoms with Crippen LogP contribution in [-0.4, -0.2) is 20.3 Å². The second-order valence-electron chi connectivity index (χ2n) is 6.31. The maximum Gasteiger partial charge on any atom is 0.167 e. The molecule has 28 heavy (non-hydrogen) atoms. The molecule has 4 rings (SSSR count). The fourth-order valence-corrected chi connectivity index (χ4v) is 2.88. The number of hydrogen-bond donors (Lipinski definition) is 0. The minimum atomic E-state index is 0.0628. The van der Waals surface area contributed by atoms with Crippen molar-refractivity contribution in [3.63, 3.8) is 0 Å². The lowest BCUT2D eigenvalue weighted by Crippen LogP contribution is -2.04. The van der Waals surface area contributed by atoms with Gasteiger partial charge in [0.15, 0.2) is 5.78 Å². The van der Waals surface area contributed by atoms with E-state index in [1.54, 1.807) is 24.9 Å². The number of carbonyl (C=O) groups is 1. The van der Waals surface area contributed by atoms with E-state index in [4.69, 9.17) is 0 Å². The van der Waals surface area contributed by atoms with Crippen molar-refractivity contribution in [2.45, 2.75) is 6.42 Å². The standard InChI is InChI=1S/C24H17N3O/c28-24(16-21-5-2-8-23(15-21)27-13-12-26-18-27)22-7-1-4-19(14-22)9-10-20-6-3-11-25-17-20/h1-8,11-15,17-18H,16H2. The molecule has 0 radical (unpaired) electrons. The molecule has 0 bridgehead atoms. The molecule has 2 aromatic heterocycles. The molecule has 0 N–H and O–H groups in total. The lowest BCUT2D eigenvalue weighted by Gasteiger charge is -2.06. The van der Waals surface area contributed by atoms with E-state index >= 15 is 0 Å². The average Bonchev–Trinajstić information content (AvgIpc) is 3.28. The smallest absolute Gasteiger partial charge is 0.167 e. The Morgan fingerprint density at radius 3 is 2.57 bits per heavy atom. The third kappa shape index (κ3) is 4.22. The number of Topliss-reactive ketones (excluding diaryl/α,β-unsaturated/α-hetero) is 1. The van der Waals surface area contributed by atoms with E-state index in [2.05, 4.69) is 21.8 Å². The summed E-state index contributed by atoms with van der Waals surface area (Å²) >= 11 is 0. The van der Waals surface area contributed by atoms with Crippen LogP contribution in [0.5, 0.6) is 0 Å². The quantitative estimate of drug-likeness (QED) is 0.405. The Hall–Kier alpha value is -3.97. The molecule has 0 fully saturated rings. The van der Waals surface area contributed by atoms with E-state index in [1.807, 2.05) is 71.4 Å². The number of nitrogens with zero attached hydrogens (tertiary/aromatic N) is 3. The second kappa shape index (κ2) is 8.15. The van der Waals surface area contributed by atoms with Gasteiger partial charge in [-0.2, -0.15) is 0 Å². The Morgan fingerprint density at radius 2 is 1.75 bits per heavy atom. The Morgan fingerprint density at radius 1 is 0.893 bits per heavy atom. The van der Waals surface area contributed by atoms with Gasteiger partial charge in [0, 0.05) is 53.6 Å². The first-order chi connectivity index (χ1) is 13.8. The zero-order valence-corrected chi connectivity index (χ0v) is 15.1. The molecule has 0 amide bonds. The first-order valence-corrected chi connectivity index (χ1v) is 8.90. The van der Waals surface area contributed by atoms with Crippen LogP contribution in [0, 0.1) is 11.8 Å². The molecule has 0 aliphatic carbocycles. The minimum Gasteiger partial charge on any atom is -0.306 e. The molecule has 4 nitrogen and oxygen atoms in total. The molecule has 0 spiro atoms. The number of benzene rings is 2. The summed E-state index contributed by atoms with van der Waals surface area (Å²) in [5.41, 5.74) is 4.25. The van der Waals surface area contributed by atoms with Gasteiger partial charge in [0.05, 0.1) is 6.33 Å². The van der Waals surface area contributed by atoms with Crippen LogP contribution in [-0.2, 0) is 6.42 Å². The Labute approximate surface area is 163 Å². The van der Waals surface area contributed by atoms with Crippen LogP contribution in [0.3, 0.4) is 0 Å². The molecule has 0 saturated carbocycles. The molecule has 134 valence electrons. The van der Waals surface area contributed by atoms with Crippen molar-refractivity contribution in [2.24, 2.45) is 0 Å². The van der Waals surface area contributed by atoms with Gasteiger partial charge in [-0.3, -0.25) is 9.78 Å². The topological polar surface area (TPSA) is 47.8 Å². The van der Waals surface area contributed by atoms with Crippen molar-refractivity contribution in [1.29, 1.82) is 0 Å². The predicted octanol–water partition coefficient (Wildman–Crippen LogP) is 4.09. The van der Waals surface area contributed by atoms with Crippen LogP contribution in [0.15, 0.2) is 91.8 Å². The van der Waals surface area contributed by atoms with Gasteiger partial charge in [-0.15, -0.1) is 0 Å². The summed E-state index contributed by atoms with van der Waals surface area (Å²) in [5, 5.41) is 0. The zero-order chi connectivity index (χ0) is 19.2. The molecule has 4 aromatic rings. The third-order valence-corrected chi connectivity index (χ3v) is 4.28. The highest BCUT2D eigenvalue weighted by molar-refractivity contribution is 5.97. The molecule has 0 aliphatic rings. The van der Waals surface area contributed by atoms with Crippen LogP contribution in [0.25, 0.3) is 5.69 Å². The summed E-state index contributed by atoms with van der Waals surface area (Å²) in [6.45, 7) is 0. The SMILES string of the molecule is O=C(Cc1cccc(-n2ccnc2)c1)c1cccc(C#Cc2cccnc2)c1. The van der Waals surface area contributed by atoms with Crippen molar-refractivity contribution in [2.75, 3.05) is 0 Å². The van der Waals surface area contributed by atoms with Gasteiger partial charge in [0.1, 0.15) is 0 Å². The summed E-state index contributed by atoms with van der Waals surface area (Å²) < 4.78 is 1.92. The van der Waals surface area contributed by atoms with Crippen molar-refractivity contribution in [3.05, 3.63) is 114 Å². The molecular formula is C24H17N3O. The van der Waals surface area contributed by atoms with E-state index in [1.165, 1.54) is 0 Å². The number of imidazole rings is 1. The van der Waals surface area contributed by atoms with Gasteiger partial charge in [-0.05, 0) is 42.0 Å². The molecule has 0 unspecified atom stereocenters. The van der Waals surface area contributed by atoms with E-state index < -0.39 is 0 Å². The molecule has 0 aliphatic heterocycles. The van der Waals surface area contributed by atoms with E-state index in [0.717, 1.165) is 22.4 Å². The molecule has 2 heterocycles. The van der Waals surface area contributed by atoms with E-state index in [0.29, 0.717) is 12.0 Å². The largest absolute Gasteiger partial charge is 0.306 e. The Kier molecular flexibility index (Phi) is 5.08. The van der Waals surface area contributed by atoms with Crippen molar-refractivity contribution < 1.29 is 4.79 Å². The number of ketones is 1. The molecule has 0 atom stereocenters. The monoisotopic (exact) mass is 363 g/mol. The van der Waals surface area contributed by atoms with Gasteiger partial charge in [-0.1, -0.05) is 36.1 Å². The third-order valence-electron chi connectivity index (χ3n) is 4.28. The first-order valence-electron chi connectivity index (χ1n) is 8.90. The van der Waals surface area contributed by atoms with Crippen LogP contribution in [0.1, 0.15) is 27.0 Å². The summed E-state index contributed by atoms with van der Waals surface area (Å²) in [7, 11) is 0. The van der Waals surface area contributed by atoms with Crippen LogP contribution in [0.4, 0.5) is 0 Å². The van der Waals surface area contributed by atoms with E-state index in [9.17, 15) is 4.79 Å². The van der Waals surface area contributed by atoms with Gasteiger partial charge < -0.3 is 4.57 Å². The lowest BCUT2D eigenvalue weighted by atomic mass is 10.0. The van der Waals surface area contributed by atoms with Crippen LogP contribution >= 0.6 is 0 Å².